The lowest BCUT2D eigenvalue weighted by Crippen LogP contribution is -2.12. The van der Waals surface area contributed by atoms with Crippen molar-refractivity contribution in [2.45, 2.75) is 0 Å². The van der Waals surface area contributed by atoms with Gasteiger partial charge in [-0.3, -0.25) is 10.1 Å². The van der Waals surface area contributed by atoms with Crippen LogP contribution in [0.15, 0.2) is 54.6 Å². The summed E-state index contributed by atoms with van der Waals surface area (Å²) in [6.45, 7) is -3.76. The Balaban J connectivity index is 2.08. The second kappa shape index (κ2) is 6.00. The van der Waals surface area contributed by atoms with E-state index in [4.69, 9.17) is 20.9 Å². The second-order valence-electron chi connectivity index (χ2n) is 3.69. The standard InChI is InChI=1S/C12H10NO5PS/c14-13(15)10-6-8-12(9-7-10)18-19(16,20)17-11-4-2-1-3-5-11/h1-9H,(H,16,20)/p-1. The molecule has 1 atom stereocenters. The molecule has 2 rings (SSSR count). The molecule has 6 nitrogen and oxygen atoms in total. The van der Waals surface area contributed by atoms with Gasteiger partial charge in [0.1, 0.15) is 11.5 Å². The van der Waals surface area contributed by atoms with Crippen LogP contribution in [0, 0.1) is 10.1 Å². The first kappa shape index (κ1) is 14.5. The van der Waals surface area contributed by atoms with Crippen molar-refractivity contribution in [2.24, 2.45) is 0 Å². The third-order valence-corrected chi connectivity index (χ3v) is 3.54. The lowest BCUT2D eigenvalue weighted by atomic mass is 10.3. The molecule has 0 bridgehead atoms. The molecule has 8 heteroatoms. The Bertz CT molecular complexity index is 647. The van der Waals surface area contributed by atoms with Gasteiger partial charge in [-0.15, -0.1) is 0 Å². The highest BCUT2D eigenvalue weighted by Gasteiger charge is 2.10. The van der Waals surface area contributed by atoms with Gasteiger partial charge in [0.25, 0.3) is 5.69 Å². The van der Waals surface area contributed by atoms with E-state index < -0.39 is 11.6 Å². The summed E-state index contributed by atoms with van der Waals surface area (Å²) in [6, 6.07) is 13.5. The zero-order valence-corrected chi connectivity index (χ0v) is 11.8. The largest absolute Gasteiger partial charge is 0.760 e. The van der Waals surface area contributed by atoms with Gasteiger partial charge in [-0.2, -0.15) is 0 Å². The maximum atomic E-state index is 12.0. The smallest absolute Gasteiger partial charge is 0.269 e. The van der Waals surface area contributed by atoms with Crippen molar-refractivity contribution in [3.63, 3.8) is 0 Å². The fourth-order valence-corrected chi connectivity index (χ4v) is 2.70. The Morgan fingerprint density at radius 3 is 1.95 bits per heavy atom. The Labute approximate surface area is 120 Å². The van der Waals surface area contributed by atoms with E-state index in [0.29, 0.717) is 5.75 Å². The Morgan fingerprint density at radius 1 is 0.950 bits per heavy atom. The zero-order chi connectivity index (χ0) is 14.6. The highest BCUT2D eigenvalue weighted by Crippen LogP contribution is 2.40. The van der Waals surface area contributed by atoms with Crippen LogP contribution in [-0.2, 0) is 11.8 Å². The molecule has 0 heterocycles. The highest BCUT2D eigenvalue weighted by molar-refractivity contribution is 8.06. The summed E-state index contributed by atoms with van der Waals surface area (Å²) in [7, 11) is 0. The molecule has 2 aromatic rings. The Morgan fingerprint density at radius 2 is 1.45 bits per heavy atom. The van der Waals surface area contributed by atoms with Crippen LogP contribution in [0.2, 0.25) is 0 Å². The van der Waals surface area contributed by atoms with E-state index in [9.17, 15) is 15.0 Å². The van der Waals surface area contributed by atoms with Crippen molar-refractivity contribution in [3.05, 3.63) is 64.7 Å². The maximum absolute atomic E-state index is 12.0. The molecule has 2 aromatic carbocycles. The van der Waals surface area contributed by atoms with Crippen LogP contribution in [0.5, 0.6) is 11.5 Å². The number of nitrogens with zero attached hydrogens (tertiary/aromatic N) is 1. The molecule has 0 spiro atoms. The summed E-state index contributed by atoms with van der Waals surface area (Å²) in [5, 5.41) is 10.5. The molecule has 0 saturated heterocycles. The summed E-state index contributed by atoms with van der Waals surface area (Å²) in [4.78, 5) is 22.0. The molecule has 0 aliphatic rings. The predicted octanol–water partition coefficient (Wildman–Crippen LogP) is 2.64. The quantitative estimate of drug-likeness (QED) is 0.479. The van der Waals surface area contributed by atoms with Gasteiger partial charge in [-0.05, 0) is 36.1 Å². The van der Waals surface area contributed by atoms with Crippen LogP contribution in [0.4, 0.5) is 5.69 Å². The van der Waals surface area contributed by atoms with E-state index in [0.717, 1.165) is 0 Å². The van der Waals surface area contributed by atoms with Gasteiger partial charge in [0, 0.05) is 12.1 Å². The van der Waals surface area contributed by atoms with Gasteiger partial charge in [-0.25, -0.2) is 0 Å². The summed E-state index contributed by atoms with van der Waals surface area (Å²) in [6.07, 6.45) is 0. The van der Waals surface area contributed by atoms with Crippen molar-refractivity contribution < 1.29 is 18.9 Å². The van der Waals surface area contributed by atoms with Crippen LogP contribution in [-0.4, -0.2) is 4.92 Å². The van der Waals surface area contributed by atoms with Crippen molar-refractivity contribution in [1.29, 1.82) is 0 Å². The number of non-ortho nitro benzene ring substituents is 1. The SMILES string of the molecule is O=[N+]([O-])c1ccc(OP([O-])(=S)Oc2ccccc2)cc1. The first-order valence-electron chi connectivity index (χ1n) is 5.46. The first-order valence-corrected chi connectivity index (χ1v) is 8.02. The molecule has 0 amide bonds. The van der Waals surface area contributed by atoms with Crippen LogP contribution < -0.4 is 13.9 Å². The number of hydrogen-bond donors (Lipinski definition) is 0. The summed E-state index contributed by atoms with van der Waals surface area (Å²) >= 11 is 4.77. The lowest BCUT2D eigenvalue weighted by molar-refractivity contribution is -0.384. The van der Waals surface area contributed by atoms with E-state index in [1.807, 2.05) is 0 Å². The molecule has 104 valence electrons. The van der Waals surface area contributed by atoms with Crippen molar-refractivity contribution >= 4 is 24.2 Å². The van der Waals surface area contributed by atoms with Crippen LogP contribution in [0.1, 0.15) is 0 Å². The molecule has 20 heavy (non-hydrogen) atoms. The fourth-order valence-electron chi connectivity index (χ4n) is 1.39. The van der Waals surface area contributed by atoms with Gasteiger partial charge >= 0.3 is 0 Å². The number of hydrogen-bond acceptors (Lipinski definition) is 6. The lowest BCUT2D eigenvalue weighted by Gasteiger charge is -2.28. The Kier molecular flexibility index (Phi) is 4.34. The van der Waals surface area contributed by atoms with Gasteiger partial charge in [0.05, 0.1) is 4.92 Å². The van der Waals surface area contributed by atoms with Crippen LogP contribution >= 0.6 is 6.72 Å². The summed E-state index contributed by atoms with van der Waals surface area (Å²) in [5.74, 6) is 0.470. The highest BCUT2D eigenvalue weighted by atomic mass is 32.5. The molecular formula is C12H9NO5PS-. The average Bonchev–Trinajstić information content (AvgIpc) is 2.39. The Hall–Kier alpha value is -1.95. The number of nitro groups is 1. The molecule has 0 aliphatic carbocycles. The van der Waals surface area contributed by atoms with Gasteiger partial charge < -0.3 is 13.9 Å². The van der Waals surface area contributed by atoms with E-state index >= 15 is 0 Å². The van der Waals surface area contributed by atoms with Crippen molar-refractivity contribution in [1.82, 2.24) is 0 Å². The monoisotopic (exact) mass is 310 g/mol. The minimum Gasteiger partial charge on any atom is -0.760 e. The number of nitro benzene ring substituents is 1. The van der Waals surface area contributed by atoms with Gasteiger partial charge in [0.2, 0.25) is 6.72 Å². The molecule has 0 saturated carbocycles. The minimum absolute atomic E-state index is 0.0967. The molecule has 0 aliphatic heterocycles. The number of para-hydroxylation sites is 1. The maximum Gasteiger partial charge on any atom is 0.269 e. The van der Waals surface area contributed by atoms with E-state index in [1.54, 1.807) is 30.3 Å². The molecule has 1 unspecified atom stereocenters. The van der Waals surface area contributed by atoms with Crippen LogP contribution in [0.25, 0.3) is 0 Å². The van der Waals surface area contributed by atoms with Crippen molar-refractivity contribution in [2.75, 3.05) is 0 Å². The molecule has 0 aromatic heterocycles. The topological polar surface area (TPSA) is 84.7 Å². The van der Waals surface area contributed by atoms with Gasteiger partial charge in [0.15, 0.2) is 0 Å². The fraction of sp³-hybridized carbons (Fsp3) is 0. The van der Waals surface area contributed by atoms with E-state index in [1.165, 1.54) is 24.3 Å². The number of rotatable bonds is 5. The van der Waals surface area contributed by atoms with Crippen molar-refractivity contribution in [3.8, 4) is 11.5 Å². The predicted molar refractivity (Wildman–Crippen MR) is 75.1 cm³/mol. The third kappa shape index (κ3) is 4.03. The summed E-state index contributed by atoms with van der Waals surface area (Å²) in [5.41, 5.74) is -0.0967. The van der Waals surface area contributed by atoms with E-state index in [-0.39, 0.29) is 11.4 Å². The summed E-state index contributed by atoms with van der Waals surface area (Å²) < 4.78 is 10.2. The minimum atomic E-state index is -3.76. The van der Waals surface area contributed by atoms with Gasteiger partial charge in [-0.1, -0.05) is 18.2 Å². The first-order chi connectivity index (χ1) is 9.46. The normalized spacial score (nSPS) is 13.2. The second-order valence-corrected chi connectivity index (χ2v) is 6.30. The number of benzene rings is 2. The third-order valence-electron chi connectivity index (χ3n) is 2.23. The molecule has 0 N–H and O–H groups in total. The molecule has 0 fully saturated rings. The molecular weight excluding hydrogens is 301 g/mol. The van der Waals surface area contributed by atoms with Crippen LogP contribution in [0.3, 0.4) is 0 Å². The molecule has 0 radical (unpaired) electrons. The van der Waals surface area contributed by atoms with E-state index in [2.05, 4.69) is 0 Å². The zero-order valence-electron chi connectivity index (χ0n) is 10.0. The average molecular weight is 310 g/mol.